The number of hydrogen-bond donors (Lipinski definition) is 2. The molecule has 1 atom stereocenters. The summed E-state index contributed by atoms with van der Waals surface area (Å²) in [5.41, 5.74) is 1.26. The minimum atomic E-state index is -0.795. The molecule has 1 unspecified atom stereocenters. The van der Waals surface area contributed by atoms with Crippen molar-refractivity contribution in [3.05, 3.63) is 59.7 Å². The molecule has 0 saturated heterocycles. The zero-order chi connectivity index (χ0) is 15.2. The van der Waals surface area contributed by atoms with Crippen molar-refractivity contribution in [2.75, 3.05) is 18.5 Å². The molecule has 0 radical (unpaired) electrons. The summed E-state index contributed by atoms with van der Waals surface area (Å²) in [5.74, 6) is -0.625. The number of aryl methyl sites for hydroxylation is 1. The van der Waals surface area contributed by atoms with Gasteiger partial charge in [-0.25, -0.2) is 8.78 Å². The maximum atomic E-state index is 13.0. The van der Waals surface area contributed by atoms with Crippen molar-refractivity contribution >= 4 is 5.69 Å². The average molecular weight is 293 g/mol. The van der Waals surface area contributed by atoms with E-state index in [2.05, 4.69) is 5.32 Å². The molecule has 0 heterocycles. The quantitative estimate of drug-likeness (QED) is 0.860. The summed E-state index contributed by atoms with van der Waals surface area (Å²) in [4.78, 5) is 0. The number of hydrogen-bond acceptors (Lipinski definition) is 3. The maximum Gasteiger partial charge on any atom is 0.128 e. The Morgan fingerprint density at radius 3 is 2.48 bits per heavy atom. The van der Waals surface area contributed by atoms with Gasteiger partial charge in [0.25, 0.3) is 0 Å². The molecular weight excluding hydrogens is 276 g/mol. The molecule has 0 aliphatic carbocycles. The Hall–Kier alpha value is -2.14. The Morgan fingerprint density at radius 1 is 1.14 bits per heavy atom. The Morgan fingerprint density at radius 2 is 1.81 bits per heavy atom. The first-order chi connectivity index (χ1) is 10.0. The number of nitrogens with one attached hydrogen (secondary N) is 1. The third-order valence-electron chi connectivity index (χ3n) is 2.93. The lowest BCUT2D eigenvalue weighted by atomic mass is 10.2. The van der Waals surface area contributed by atoms with Crippen LogP contribution >= 0.6 is 0 Å². The monoisotopic (exact) mass is 293 g/mol. The van der Waals surface area contributed by atoms with Crippen molar-refractivity contribution in [3.8, 4) is 5.75 Å². The molecule has 2 aromatic rings. The second-order valence-electron chi connectivity index (χ2n) is 4.77. The van der Waals surface area contributed by atoms with Gasteiger partial charge in [-0.15, -0.1) is 0 Å². The fourth-order valence-electron chi connectivity index (χ4n) is 1.85. The van der Waals surface area contributed by atoms with Crippen LogP contribution in [0.15, 0.2) is 42.5 Å². The second-order valence-corrected chi connectivity index (χ2v) is 4.77. The summed E-state index contributed by atoms with van der Waals surface area (Å²) in [5, 5.41) is 12.6. The molecule has 0 bridgehead atoms. The number of benzene rings is 2. The highest BCUT2D eigenvalue weighted by Crippen LogP contribution is 2.16. The third kappa shape index (κ3) is 4.72. The van der Waals surface area contributed by atoms with E-state index in [0.29, 0.717) is 5.75 Å². The molecule has 0 aliphatic rings. The predicted octanol–water partition coefficient (Wildman–Crippen LogP) is 3.13. The van der Waals surface area contributed by atoms with Crippen molar-refractivity contribution in [2.45, 2.75) is 13.0 Å². The molecule has 21 heavy (non-hydrogen) atoms. The van der Waals surface area contributed by atoms with Crippen LogP contribution in [0, 0.1) is 18.6 Å². The highest BCUT2D eigenvalue weighted by molar-refractivity contribution is 5.43. The van der Waals surface area contributed by atoms with Gasteiger partial charge in [0.05, 0.1) is 0 Å². The first-order valence-electron chi connectivity index (χ1n) is 6.61. The van der Waals surface area contributed by atoms with Crippen LogP contribution in [0.4, 0.5) is 14.5 Å². The van der Waals surface area contributed by atoms with Gasteiger partial charge < -0.3 is 15.2 Å². The second kappa shape index (κ2) is 7.04. The molecule has 2 aromatic carbocycles. The summed E-state index contributed by atoms with van der Waals surface area (Å²) in [7, 11) is 0. The average Bonchev–Trinajstić information content (AvgIpc) is 2.43. The molecule has 5 heteroatoms. The molecule has 0 saturated carbocycles. The van der Waals surface area contributed by atoms with Crippen LogP contribution in [0.2, 0.25) is 0 Å². The fourth-order valence-corrected chi connectivity index (χ4v) is 1.85. The van der Waals surface area contributed by atoms with E-state index in [1.54, 1.807) is 0 Å². The van der Waals surface area contributed by atoms with Crippen molar-refractivity contribution in [3.63, 3.8) is 0 Å². The molecule has 0 fully saturated rings. The standard InChI is InChI=1S/C16H17F2NO2/c1-11-4-2-3-5-16(11)21-10-15(20)9-19-14-7-12(17)6-13(18)8-14/h2-8,15,19-20H,9-10H2,1H3. The zero-order valence-electron chi connectivity index (χ0n) is 11.6. The number of rotatable bonds is 6. The van der Waals surface area contributed by atoms with E-state index in [0.717, 1.165) is 23.8 Å². The topological polar surface area (TPSA) is 41.5 Å². The number of para-hydroxylation sites is 1. The number of aliphatic hydroxyl groups is 1. The maximum absolute atomic E-state index is 13.0. The minimum Gasteiger partial charge on any atom is -0.491 e. The van der Waals surface area contributed by atoms with Gasteiger partial charge in [0.1, 0.15) is 30.1 Å². The van der Waals surface area contributed by atoms with Crippen molar-refractivity contribution in [1.29, 1.82) is 0 Å². The van der Waals surface area contributed by atoms with Gasteiger partial charge >= 0.3 is 0 Å². The van der Waals surface area contributed by atoms with Crippen LogP contribution in [0.5, 0.6) is 5.75 Å². The van der Waals surface area contributed by atoms with Crippen LogP contribution in [0.3, 0.4) is 0 Å². The van der Waals surface area contributed by atoms with E-state index in [1.807, 2.05) is 31.2 Å². The molecule has 2 N–H and O–H groups in total. The number of ether oxygens (including phenoxy) is 1. The molecule has 3 nitrogen and oxygen atoms in total. The van der Waals surface area contributed by atoms with E-state index in [-0.39, 0.29) is 18.8 Å². The summed E-state index contributed by atoms with van der Waals surface area (Å²) in [6.07, 6.45) is -0.795. The zero-order valence-corrected chi connectivity index (χ0v) is 11.6. The number of anilines is 1. The largest absolute Gasteiger partial charge is 0.491 e. The van der Waals surface area contributed by atoms with E-state index < -0.39 is 17.7 Å². The van der Waals surface area contributed by atoms with E-state index in [4.69, 9.17) is 4.74 Å². The molecular formula is C16H17F2NO2. The first kappa shape index (κ1) is 15.3. The summed E-state index contributed by atoms with van der Waals surface area (Å²) >= 11 is 0. The van der Waals surface area contributed by atoms with Gasteiger partial charge in [-0.3, -0.25) is 0 Å². The molecule has 0 amide bonds. The molecule has 112 valence electrons. The summed E-state index contributed by atoms with van der Waals surface area (Å²) in [6, 6.07) is 10.6. The highest BCUT2D eigenvalue weighted by atomic mass is 19.1. The van der Waals surface area contributed by atoms with Crippen molar-refractivity contribution < 1.29 is 18.6 Å². The van der Waals surface area contributed by atoms with Crippen molar-refractivity contribution in [1.82, 2.24) is 0 Å². The smallest absolute Gasteiger partial charge is 0.128 e. The molecule has 0 aromatic heterocycles. The lowest BCUT2D eigenvalue weighted by Gasteiger charge is -2.15. The van der Waals surface area contributed by atoms with Gasteiger partial charge in [-0.2, -0.15) is 0 Å². The van der Waals surface area contributed by atoms with Gasteiger partial charge in [0.15, 0.2) is 0 Å². The third-order valence-corrected chi connectivity index (χ3v) is 2.93. The first-order valence-corrected chi connectivity index (χ1v) is 6.61. The van der Waals surface area contributed by atoms with Crippen LogP contribution in [0.1, 0.15) is 5.56 Å². The molecule has 0 spiro atoms. The predicted molar refractivity (Wildman–Crippen MR) is 77.5 cm³/mol. The Kier molecular flexibility index (Phi) is 5.11. The molecule has 2 rings (SSSR count). The van der Waals surface area contributed by atoms with Gasteiger partial charge in [-0.05, 0) is 30.7 Å². The van der Waals surface area contributed by atoms with Crippen LogP contribution in [0.25, 0.3) is 0 Å². The Bertz CT molecular complexity index is 584. The number of halogens is 2. The SMILES string of the molecule is Cc1ccccc1OCC(O)CNc1cc(F)cc(F)c1. The summed E-state index contributed by atoms with van der Waals surface area (Å²) < 4.78 is 31.5. The minimum absolute atomic E-state index is 0.0929. The highest BCUT2D eigenvalue weighted by Gasteiger charge is 2.07. The summed E-state index contributed by atoms with van der Waals surface area (Å²) in [6.45, 7) is 2.14. The van der Waals surface area contributed by atoms with E-state index in [9.17, 15) is 13.9 Å². The Balaban J connectivity index is 1.82. The van der Waals surface area contributed by atoms with Gasteiger partial charge in [0, 0.05) is 18.3 Å². The van der Waals surface area contributed by atoms with Gasteiger partial charge in [0.2, 0.25) is 0 Å². The lowest BCUT2D eigenvalue weighted by molar-refractivity contribution is 0.117. The van der Waals surface area contributed by atoms with Crippen LogP contribution in [-0.4, -0.2) is 24.4 Å². The molecule has 0 aliphatic heterocycles. The number of aliphatic hydroxyl groups excluding tert-OH is 1. The van der Waals surface area contributed by atoms with E-state index in [1.165, 1.54) is 0 Å². The lowest BCUT2D eigenvalue weighted by Crippen LogP contribution is -2.26. The van der Waals surface area contributed by atoms with Crippen molar-refractivity contribution in [2.24, 2.45) is 0 Å². The normalized spacial score (nSPS) is 12.0. The van der Waals surface area contributed by atoms with E-state index >= 15 is 0 Å². The van der Waals surface area contributed by atoms with Crippen LogP contribution < -0.4 is 10.1 Å². The fraction of sp³-hybridized carbons (Fsp3) is 0.250. The Labute approximate surface area is 122 Å². The van der Waals surface area contributed by atoms with Gasteiger partial charge in [-0.1, -0.05) is 18.2 Å². The van der Waals surface area contributed by atoms with Crippen LogP contribution in [-0.2, 0) is 0 Å².